The van der Waals surface area contributed by atoms with Crippen molar-refractivity contribution in [2.24, 2.45) is 0 Å². The van der Waals surface area contributed by atoms with E-state index in [9.17, 15) is 4.79 Å². The zero-order valence-electron chi connectivity index (χ0n) is 10.6. The predicted octanol–water partition coefficient (Wildman–Crippen LogP) is 2.00. The molecule has 0 aromatic heterocycles. The van der Waals surface area contributed by atoms with Crippen LogP contribution in [0.15, 0.2) is 24.3 Å². The third-order valence-electron chi connectivity index (χ3n) is 2.85. The summed E-state index contributed by atoms with van der Waals surface area (Å²) in [6, 6.07) is 7.54. The Morgan fingerprint density at radius 3 is 2.83 bits per heavy atom. The smallest absolute Gasteiger partial charge is 0.220 e. The van der Waals surface area contributed by atoms with E-state index in [1.165, 1.54) is 0 Å². The van der Waals surface area contributed by atoms with Crippen LogP contribution in [-0.4, -0.2) is 42.2 Å². The lowest BCUT2D eigenvalue weighted by molar-refractivity contribution is -0.129. The molecule has 1 amide bonds. The molecule has 98 valence electrons. The standard InChI is InChI=1S/C13H17NO3S/c1-10(15)14-7-8-18-13(14)9-17-12-6-4-3-5-11(12)16-2/h3-6,13H,7-9H2,1-2H3/t13-/m1/s1. The summed E-state index contributed by atoms with van der Waals surface area (Å²) in [4.78, 5) is 13.3. The number of hydrogen-bond donors (Lipinski definition) is 0. The van der Waals surface area contributed by atoms with Gasteiger partial charge in [0.1, 0.15) is 12.0 Å². The van der Waals surface area contributed by atoms with Gasteiger partial charge in [-0.15, -0.1) is 11.8 Å². The number of rotatable bonds is 4. The second kappa shape index (κ2) is 6.00. The van der Waals surface area contributed by atoms with E-state index in [0.29, 0.717) is 6.61 Å². The van der Waals surface area contributed by atoms with Crippen molar-refractivity contribution in [2.75, 3.05) is 26.0 Å². The van der Waals surface area contributed by atoms with E-state index >= 15 is 0 Å². The Morgan fingerprint density at radius 2 is 2.17 bits per heavy atom. The summed E-state index contributed by atoms with van der Waals surface area (Å²) in [5, 5.41) is 0.104. The van der Waals surface area contributed by atoms with E-state index in [-0.39, 0.29) is 11.3 Å². The number of benzene rings is 1. The normalized spacial score (nSPS) is 18.8. The van der Waals surface area contributed by atoms with Crippen LogP contribution < -0.4 is 9.47 Å². The first kappa shape index (κ1) is 13.1. The molecule has 1 atom stereocenters. The maximum Gasteiger partial charge on any atom is 0.220 e. The van der Waals surface area contributed by atoms with Crippen molar-refractivity contribution in [3.05, 3.63) is 24.3 Å². The van der Waals surface area contributed by atoms with E-state index < -0.39 is 0 Å². The second-order valence-electron chi connectivity index (χ2n) is 4.00. The highest BCUT2D eigenvalue weighted by atomic mass is 32.2. The average Bonchev–Trinajstić information content (AvgIpc) is 2.85. The van der Waals surface area contributed by atoms with Crippen molar-refractivity contribution in [3.63, 3.8) is 0 Å². The van der Waals surface area contributed by atoms with E-state index in [1.807, 2.05) is 29.2 Å². The third kappa shape index (κ3) is 2.90. The van der Waals surface area contributed by atoms with Crippen LogP contribution in [0.25, 0.3) is 0 Å². The number of ether oxygens (including phenoxy) is 2. The molecule has 1 aliphatic heterocycles. The van der Waals surface area contributed by atoms with E-state index in [2.05, 4.69) is 0 Å². The summed E-state index contributed by atoms with van der Waals surface area (Å²) in [6.07, 6.45) is 0. The molecule has 1 aliphatic rings. The lowest BCUT2D eigenvalue weighted by Gasteiger charge is -2.22. The van der Waals surface area contributed by atoms with Gasteiger partial charge >= 0.3 is 0 Å². The van der Waals surface area contributed by atoms with Crippen molar-refractivity contribution >= 4 is 17.7 Å². The van der Waals surface area contributed by atoms with Crippen LogP contribution in [0.2, 0.25) is 0 Å². The third-order valence-corrected chi connectivity index (χ3v) is 4.04. The SMILES string of the molecule is COc1ccccc1OC[C@H]1SCCN1C(C)=O. The van der Waals surface area contributed by atoms with Gasteiger partial charge in [0.05, 0.1) is 7.11 Å². The molecule has 0 bridgehead atoms. The molecule has 18 heavy (non-hydrogen) atoms. The fourth-order valence-corrected chi connectivity index (χ4v) is 3.09. The number of thioether (sulfide) groups is 1. The summed E-state index contributed by atoms with van der Waals surface area (Å²) < 4.78 is 11.0. The minimum Gasteiger partial charge on any atom is -0.493 e. The van der Waals surface area contributed by atoms with Crippen LogP contribution in [0.4, 0.5) is 0 Å². The zero-order valence-corrected chi connectivity index (χ0v) is 11.4. The number of methoxy groups -OCH3 is 1. The molecule has 4 nitrogen and oxygen atoms in total. The molecule has 1 aromatic carbocycles. The summed E-state index contributed by atoms with van der Waals surface area (Å²) in [6.45, 7) is 2.90. The van der Waals surface area contributed by atoms with E-state index in [4.69, 9.17) is 9.47 Å². The molecule has 2 rings (SSSR count). The zero-order chi connectivity index (χ0) is 13.0. The molecule has 1 aromatic rings. The van der Waals surface area contributed by atoms with E-state index in [0.717, 1.165) is 23.8 Å². The Morgan fingerprint density at radius 1 is 1.44 bits per heavy atom. The summed E-state index contributed by atoms with van der Waals surface area (Å²) >= 11 is 1.75. The summed E-state index contributed by atoms with van der Waals surface area (Å²) in [5.74, 6) is 2.51. The fraction of sp³-hybridized carbons (Fsp3) is 0.462. The van der Waals surface area contributed by atoms with Crippen molar-refractivity contribution < 1.29 is 14.3 Å². The summed E-state index contributed by atoms with van der Waals surface area (Å²) in [7, 11) is 1.62. The highest BCUT2D eigenvalue weighted by molar-refractivity contribution is 8.00. The number of para-hydroxylation sites is 2. The van der Waals surface area contributed by atoms with Gasteiger partial charge < -0.3 is 14.4 Å². The topological polar surface area (TPSA) is 38.8 Å². The maximum atomic E-state index is 11.4. The lowest BCUT2D eigenvalue weighted by Crippen LogP contribution is -2.36. The van der Waals surface area contributed by atoms with Crippen LogP contribution in [0, 0.1) is 0 Å². The lowest BCUT2D eigenvalue weighted by atomic mass is 10.3. The number of carbonyl (C=O) groups excluding carboxylic acids is 1. The molecule has 0 saturated carbocycles. The fourth-order valence-electron chi connectivity index (χ4n) is 1.92. The van der Waals surface area contributed by atoms with Gasteiger partial charge in [-0.3, -0.25) is 4.79 Å². The van der Waals surface area contributed by atoms with Gasteiger partial charge in [0.15, 0.2) is 11.5 Å². The maximum absolute atomic E-state index is 11.4. The minimum atomic E-state index is 0.104. The predicted molar refractivity (Wildman–Crippen MR) is 72.1 cm³/mol. The van der Waals surface area contributed by atoms with E-state index in [1.54, 1.807) is 25.8 Å². The summed E-state index contributed by atoms with van der Waals surface area (Å²) in [5.41, 5.74) is 0. The largest absolute Gasteiger partial charge is 0.493 e. The first-order valence-corrected chi connectivity index (χ1v) is 6.92. The first-order chi connectivity index (χ1) is 8.72. The van der Waals surface area contributed by atoms with Gasteiger partial charge in [-0.1, -0.05) is 12.1 Å². The average molecular weight is 267 g/mol. The molecular weight excluding hydrogens is 250 g/mol. The Hall–Kier alpha value is -1.36. The number of hydrogen-bond acceptors (Lipinski definition) is 4. The van der Waals surface area contributed by atoms with Crippen LogP contribution in [0.1, 0.15) is 6.92 Å². The highest BCUT2D eigenvalue weighted by Crippen LogP contribution is 2.29. The molecule has 0 spiro atoms. The van der Waals surface area contributed by atoms with Crippen LogP contribution in [-0.2, 0) is 4.79 Å². The minimum absolute atomic E-state index is 0.104. The van der Waals surface area contributed by atoms with Crippen molar-refractivity contribution in [2.45, 2.75) is 12.3 Å². The van der Waals surface area contributed by atoms with Crippen molar-refractivity contribution in [1.29, 1.82) is 0 Å². The van der Waals surface area contributed by atoms with Gasteiger partial charge in [0.25, 0.3) is 0 Å². The molecule has 0 radical (unpaired) electrons. The molecule has 5 heteroatoms. The van der Waals surface area contributed by atoms with Gasteiger partial charge in [-0.05, 0) is 12.1 Å². The second-order valence-corrected chi connectivity index (χ2v) is 5.29. The molecule has 0 unspecified atom stereocenters. The molecule has 0 N–H and O–H groups in total. The monoisotopic (exact) mass is 267 g/mol. The van der Waals surface area contributed by atoms with Gasteiger partial charge in [-0.25, -0.2) is 0 Å². The Labute approximate surface area is 111 Å². The Kier molecular flexibility index (Phi) is 4.36. The Balaban J connectivity index is 1.97. The Bertz CT molecular complexity index is 424. The molecule has 1 heterocycles. The van der Waals surface area contributed by atoms with Crippen molar-refractivity contribution in [3.8, 4) is 11.5 Å². The number of carbonyl (C=O) groups is 1. The number of nitrogens with zero attached hydrogens (tertiary/aromatic N) is 1. The quantitative estimate of drug-likeness (QED) is 0.836. The van der Waals surface area contributed by atoms with Crippen LogP contribution in [0.3, 0.4) is 0 Å². The van der Waals surface area contributed by atoms with Crippen LogP contribution >= 0.6 is 11.8 Å². The van der Waals surface area contributed by atoms with Gasteiger partial charge in [0, 0.05) is 19.2 Å². The van der Waals surface area contributed by atoms with Gasteiger partial charge in [-0.2, -0.15) is 0 Å². The molecule has 0 aliphatic carbocycles. The van der Waals surface area contributed by atoms with Crippen molar-refractivity contribution in [1.82, 2.24) is 4.90 Å². The number of amides is 1. The highest BCUT2D eigenvalue weighted by Gasteiger charge is 2.27. The molecular formula is C13H17NO3S. The molecule has 1 saturated heterocycles. The molecule has 1 fully saturated rings. The first-order valence-electron chi connectivity index (χ1n) is 5.87. The van der Waals surface area contributed by atoms with Crippen LogP contribution in [0.5, 0.6) is 11.5 Å². The van der Waals surface area contributed by atoms with Gasteiger partial charge in [0.2, 0.25) is 5.91 Å².